The van der Waals surface area contributed by atoms with Crippen molar-refractivity contribution >= 4 is 5.91 Å². The number of halogens is 18. The molecule has 1 amide bonds. The van der Waals surface area contributed by atoms with Crippen LogP contribution in [0.25, 0.3) is 0 Å². The zero-order chi connectivity index (χ0) is 64.0. The molecule has 1 heterocycles. The molecule has 28 heteroatoms. The Kier molecular flexibility index (Phi) is 22.5. The van der Waals surface area contributed by atoms with Crippen LogP contribution in [-0.4, -0.2) is 98.0 Å². The summed E-state index contributed by atoms with van der Waals surface area (Å²) in [6.45, 7) is 0.465. The summed E-state index contributed by atoms with van der Waals surface area (Å²) in [5.74, 6) is -4.65. The molecule has 6 aromatic rings. The van der Waals surface area contributed by atoms with Crippen molar-refractivity contribution in [3.05, 3.63) is 191 Å². The van der Waals surface area contributed by atoms with Crippen LogP contribution in [0.3, 0.4) is 0 Å². The van der Waals surface area contributed by atoms with Crippen molar-refractivity contribution in [2.45, 2.75) is 99.4 Å². The van der Waals surface area contributed by atoms with Crippen molar-refractivity contribution in [1.29, 1.82) is 0 Å². The number of carbonyl (C=O) groups is 1. The molecule has 86 heavy (non-hydrogen) atoms. The van der Waals surface area contributed by atoms with Crippen molar-refractivity contribution in [2.75, 3.05) is 32.8 Å². The number of aliphatic hydroxyl groups is 2. The van der Waals surface area contributed by atoms with Crippen LogP contribution in [0.15, 0.2) is 158 Å². The average molecular weight is 1250 g/mol. The Morgan fingerprint density at radius 3 is 1.01 bits per heavy atom. The van der Waals surface area contributed by atoms with Gasteiger partial charge in [0.15, 0.2) is 5.60 Å². The molecule has 0 radical (unpaired) electrons. The SMILES string of the molecule is C1CCOC1.C[C@@](O)(C(=O)NCC(Cc1ccccc1)(c1cccc(OC(F)(F)F)c1)c1cccc(OC(F)(F)F)c1)C(F)(F)F.C[C@@](O)(CNCC(Cc1ccccc1)(c1cccc(OC(F)(F)F)c1)c1cccc(OC(F)(F)F)c1)C(F)(F)F. The summed E-state index contributed by atoms with van der Waals surface area (Å²) in [7, 11) is 0. The number of ether oxygens (including phenoxy) is 5. The number of rotatable bonds is 19. The van der Waals surface area contributed by atoms with E-state index in [2.05, 4.69) is 24.3 Å². The third-order valence-corrected chi connectivity index (χ3v) is 13.1. The number of hydrogen-bond donors (Lipinski definition) is 4. The molecule has 470 valence electrons. The van der Waals surface area contributed by atoms with Crippen LogP contribution in [-0.2, 0) is 33.2 Å². The van der Waals surface area contributed by atoms with Crippen LogP contribution < -0.4 is 29.6 Å². The Labute approximate surface area is 479 Å². The molecule has 4 N–H and O–H groups in total. The lowest BCUT2D eigenvalue weighted by Crippen LogP contribution is -2.57. The second-order valence-corrected chi connectivity index (χ2v) is 19.7. The zero-order valence-electron chi connectivity index (χ0n) is 45.0. The number of alkyl halides is 18. The van der Waals surface area contributed by atoms with Gasteiger partial charge in [0.25, 0.3) is 5.91 Å². The number of amides is 1. The quantitative estimate of drug-likeness (QED) is 0.0586. The second kappa shape index (κ2) is 27.9. The normalized spacial score (nSPS) is 14.9. The molecule has 1 saturated heterocycles. The van der Waals surface area contributed by atoms with Gasteiger partial charge in [0.05, 0.1) is 0 Å². The van der Waals surface area contributed by atoms with Gasteiger partial charge in [-0.1, -0.05) is 109 Å². The van der Waals surface area contributed by atoms with E-state index in [1.54, 1.807) is 60.7 Å². The third-order valence-electron chi connectivity index (χ3n) is 13.1. The largest absolute Gasteiger partial charge is 0.573 e. The van der Waals surface area contributed by atoms with Crippen LogP contribution in [0.4, 0.5) is 79.0 Å². The predicted molar refractivity (Wildman–Crippen MR) is 274 cm³/mol. The summed E-state index contributed by atoms with van der Waals surface area (Å²) >= 11 is 0. The third kappa shape index (κ3) is 20.6. The van der Waals surface area contributed by atoms with Gasteiger partial charge < -0.3 is 44.5 Å². The van der Waals surface area contributed by atoms with E-state index < -0.39 is 108 Å². The molecule has 0 aliphatic carbocycles. The van der Waals surface area contributed by atoms with E-state index in [1.165, 1.54) is 49.2 Å². The van der Waals surface area contributed by atoms with Crippen LogP contribution >= 0.6 is 0 Å². The fourth-order valence-electron chi connectivity index (χ4n) is 8.79. The van der Waals surface area contributed by atoms with Crippen LogP contribution in [0.5, 0.6) is 23.0 Å². The van der Waals surface area contributed by atoms with Gasteiger partial charge in [-0.2, -0.15) is 26.3 Å². The Bertz CT molecular complexity index is 2960. The molecule has 0 unspecified atom stereocenters. The molecule has 7 rings (SSSR count). The molecule has 1 aliphatic heterocycles. The van der Waals surface area contributed by atoms with Gasteiger partial charge in [-0.25, -0.2) is 0 Å². The molecular weight excluding hydrogens is 1190 g/mol. The van der Waals surface area contributed by atoms with Crippen molar-refractivity contribution in [1.82, 2.24) is 10.6 Å². The van der Waals surface area contributed by atoms with Crippen molar-refractivity contribution in [2.24, 2.45) is 0 Å². The molecule has 10 nitrogen and oxygen atoms in total. The lowest BCUT2D eigenvalue weighted by atomic mass is 9.70. The summed E-state index contributed by atoms with van der Waals surface area (Å²) in [5.41, 5.74) is -9.39. The highest BCUT2D eigenvalue weighted by Crippen LogP contribution is 2.43. The minimum absolute atomic E-state index is 0.0702. The fourth-order valence-corrected chi connectivity index (χ4v) is 8.79. The topological polar surface area (TPSA) is 128 Å². The van der Waals surface area contributed by atoms with Gasteiger partial charge in [0.2, 0.25) is 5.60 Å². The van der Waals surface area contributed by atoms with E-state index in [0.717, 1.165) is 73.9 Å². The van der Waals surface area contributed by atoms with E-state index in [-0.39, 0.29) is 42.0 Å². The summed E-state index contributed by atoms with van der Waals surface area (Å²) in [6.07, 6.45) is -28.6. The maximum atomic E-state index is 13.4. The van der Waals surface area contributed by atoms with Crippen LogP contribution in [0.1, 0.15) is 60.1 Å². The summed E-state index contributed by atoms with van der Waals surface area (Å²) in [4.78, 5) is 12.6. The summed E-state index contributed by atoms with van der Waals surface area (Å²) in [5, 5.41) is 24.3. The Balaban J connectivity index is 0.000000290. The van der Waals surface area contributed by atoms with Crippen molar-refractivity contribution in [3.63, 3.8) is 0 Å². The van der Waals surface area contributed by atoms with Crippen LogP contribution in [0, 0.1) is 0 Å². The highest BCUT2D eigenvalue weighted by Gasteiger charge is 2.56. The summed E-state index contributed by atoms with van der Waals surface area (Å²) in [6, 6.07) is 34.0. The first-order valence-electron chi connectivity index (χ1n) is 25.4. The molecule has 0 saturated carbocycles. The maximum Gasteiger partial charge on any atom is 0.573 e. The summed E-state index contributed by atoms with van der Waals surface area (Å²) < 4.78 is 257. The van der Waals surface area contributed by atoms with Gasteiger partial charge in [0.1, 0.15) is 23.0 Å². The van der Waals surface area contributed by atoms with Gasteiger partial charge in [0, 0.05) is 43.7 Å². The minimum atomic E-state index is -5.40. The van der Waals surface area contributed by atoms with E-state index in [9.17, 15) is 94.0 Å². The van der Waals surface area contributed by atoms with Gasteiger partial charge in [-0.15, -0.1) is 52.7 Å². The maximum absolute atomic E-state index is 13.4. The standard InChI is InChI=1S/C27H22F9NO4.C27H24F9NO3.C4H8O/c1-23(39,25(28,29)30)22(38)37-16-24(15-17-7-3-2-4-8-17,18-9-5-11-20(13-18)40-26(31,32)33)19-10-6-12-21(14-19)41-27(34,35)36;1-23(38,25(28,29)30)16-37-17-24(15-18-7-3-2-4-8-18,19-9-5-11-21(13-19)39-26(31,32)33)20-10-6-12-22(14-20)40-27(34,35)36;1-2-4-5-3-1/h2-14,39H,15-16H2,1H3,(H,37,38);2-14,37-38H,15-17H2,1H3;1-4H2/t2*23-;/m11./s1. The first-order chi connectivity index (χ1) is 39.7. The average Bonchev–Trinajstić information content (AvgIpc) is 0.870. The molecule has 0 bridgehead atoms. The van der Waals surface area contributed by atoms with Gasteiger partial charge in [-0.3, -0.25) is 4.79 Å². The second-order valence-electron chi connectivity index (χ2n) is 19.7. The van der Waals surface area contributed by atoms with Crippen molar-refractivity contribution < 1.29 is 118 Å². The monoisotopic (exact) mass is 1250 g/mol. The molecule has 1 aliphatic rings. The highest BCUT2D eigenvalue weighted by molar-refractivity contribution is 5.85. The molecule has 2 atom stereocenters. The molecular formula is C58H54F18N2O8. The van der Waals surface area contributed by atoms with E-state index in [1.807, 2.05) is 5.32 Å². The molecule has 1 fully saturated rings. The fraction of sp³-hybridized carbons (Fsp3) is 0.362. The Hall–Kier alpha value is -7.43. The highest BCUT2D eigenvalue weighted by atomic mass is 19.4. The van der Waals surface area contributed by atoms with Crippen LogP contribution in [0.2, 0.25) is 0 Å². The van der Waals surface area contributed by atoms with E-state index in [4.69, 9.17) is 4.74 Å². The number of carbonyl (C=O) groups excluding carboxylic acids is 1. The number of nitrogens with one attached hydrogen (secondary N) is 2. The molecule has 0 aromatic heterocycles. The predicted octanol–water partition coefficient (Wildman–Crippen LogP) is 14.2. The first kappa shape index (κ1) is 69.3. The molecule has 6 aromatic carbocycles. The van der Waals surface area contributed by atoms with Gasteiger partial charge >= 0.3 is 37.8 Å². The lowest BCUT2D eigenvalue weighted by Gasteiger charge is -2.37. The van der Waals surface area contributed by atoms with Crippen molar-refractivity contribution in [3.8, 4) is 23.0 Å². The number of hydrogen-bond acceptors (Lipinski definition) is 9. The Morgan fingerprint density at radius 2 is 0.744 bits per heavy atom. The zero-order valence-corrected chi connectivity index (χ0v) is 45.0. The van der Waals surface area contributed by atoms with E-state index in [0.29, 0.717) is 18.1 Å². The molecule has 0 spiro atoms. The Morgan fingerprint density at radius 1 is 0.430 bits per heavy atom. The number of benzene rings is 6. The van der Waals surface area contributed by atoms with E-state index >= 15 is 0 Å². The lowest BCUT2D eigenvalue weighted by molar-refractivity contribution is -0.275. The van der Waals surface area contributed by atoms with Gasteiger partial charge in [-0.05, 0) is 121 Å². The smallest absolute Gasteiger partial charge is 0.406 e. The minimum Gasteiger partial charge on any atom is -0.406 e. The first-order valence-corrected chi connectivity index (χ1v) is 25.4.